The molecule has 0 radical (unpaired) electrons. The number of nitrogens with one attached hydrogen (secondary N) is 2. The zero-order valence-corrected chi connectivity index (χ0v) is 16.8. The molecule has 2 amide bonds. The predicted octanol–water partition coefficient (Wildman–Crippen LogP) is 3.87. The van der Waals surface area contributed by atoms with Crippen molar-refractivity contribution in [3.63, 3.8) is 0 Å². The minimum atomic E-state index is -0.616. The zero-order chi connectivity index (χ0) is 20.0. The molecule has 0 aliphatic heterocycles. The van der Waals surface area contributed by atoms with Crippen LogP contribution in [0, 0.1) is 0 Å². The van der Waals surface area contributed by atoms with Gasteiger partial charge in [-0.05, 0) is 70.7 Å². The van der Waals surface area contributed by atoms with Crippen molar-refractivity contribution in [1.82, 2.24) is 10.2 Å². The van der Waals surface area contributed by atoms with E-state index in [0.29, 0.717) is 17.8 Å². The number of benzene rings is 2. The molecule has 0 aliphatic rings. The lowest BCUT2D eigenvalue weighted by molar-refractivity contribution is 0.0636. The largest absolute Gasteiger partial charge is 0.444 e. The SMILES string of the molecule is CN(C)CCCNC(=O)c1cc2ccccc2cc1NC(=O)OC(C)(C)C. The van der Waals surface area contributed by atoms with Crippen LogP contribution in [-0.2, 0) is 4.74 Å². The van der Waals surface area contributed by atoms with Crippen LogP contribution >= 0.6 is 0 Å². The Hall–Kier alpha value is -2.60. The smallest absolute Gasteiger partial charge is 0.412 e. The first-order chi connectivity index (χ1) is 12.7. The molecule has 0 bridgehead atoms. The molecular weight excluding hydrogens is 342 g/mol. The number of hydrogen-bond donors (Lipinski definition) is 2. The average molecular weight is 371 g/mol. The minimum absolute atomic E-state index is 0.217. The standard InChI is InChI=1S/C21H29N3O3/c1-21(2,3)27-20(26)23-18-14-16-10-7-6-9-15(16)13-17(18)19(25)22-11-8-12-24(4)5/h6-7,9-10,13-14H,8,11-12H2,1-5H3,(H,22,25)(H,23,26). The summed E-state index contributed by atoms with van der Waals surface area (Å²) in [5.74, 6) is -0.217. The number of amides is 2. The van der Waals surface area contributed by atoms with Gasteiger partial charge in [-0.1, -0.05) is 24.3 Å². The van der Waals surface area contributed by atoms with E-state index in [2.05, 4.69) is 15.5 Å². The molecule has 0 saturated heterocycles. The first-order valence-electron chi connectivity index (χ1n) is 9.11. The second-order valence-electron chi connectivity index (χ2n) is 7.78. The summed E-state index contributed by atoms with van der Waals surface area (Å²) < 4.78 is 5.33. The van der Waals surface area contributed by atoms with Crippen LogP contribution in [-0.4, -0.2) is 49.7 Å². The molecule has 2 rings (SSSR count). The van der Waals surface area contributed by atoms with Crippen LogP contribution in [0.25, 0.3) is 10.8 Å². The van der Waals surface area contributed by atoms with Crippen molar-refractivity contribution in [3.8, 4) is 0 Å². The fourth-order valence-corrected chi connectivity index (χ4v) is 2.64. The van der Waals surface area contributed by atoms with Crippen LogP contribution in [0.15, 0.2) is 36.4 Å². The van der Waals surface area contributed by atoms with Gasteiger partial charge in [0, 0.05) is 6.54 Å². The molecule has 0 spiro atoms. The monoisotopic (exact) mass is 371 g/mol. The maximum absolute atomic E-state index is 12.7. The second kappa shape index (κ2) is 8.86. The van der Waals surface area contributed by atoms with Crippen molar-refractivity contribution in [1.29, 1.82) is 0 Å². The molecule has 0 aromatic heterocycles. The van der Waals surface area contributed by atoms with Crippen LogP contribution in [0.5, 0.6) is 0 Å². The summed E-state index contributed by atoms with van der Waals surface area (Å²) in [5.41, 5.74) is 0.243. The number of carbonyl (C=O) groups excluding carboxylic acids is 2. The fourth-order valence-electron chi connectivity index (χ4n) is 2.64. The molecule has 2 aromatic rings. The number of fused-ring (bicyclic) bond motifs is 1. The van der Waals surface area contributed by atoms with E-state index in [4.69, 9.17) is 4.74 Å². The molecule has 2 N–H and O–H groups in total. The summed E-state index contributed by atoms with van der Waals surface area (Å²) in [5, 5.41) is 7.52. The molecular formula is C21H29N3O3. The number of hydrogen-bond acceptors (Lipinski definition) is 4. The Bertz CT molecular complexity index is 810. The Labute approximate surface area is 160 Å². The Morgan fingerprint density at radius 3 is 2.30 bits per heavy atom. The van der Waals surface area contributed by atoms with Gasteiger partial charge in [-0.25, -0.2) is 4.79 Å². The molecule has 0 atom stereocenters. The highest BCUT2D eigenvalue weighted by Gasteiger charge is 2.19. The van der Waals surface area contributed by atoms with Gasteiger partial charge < -0.3 is 15.0 Å². The summed E-state index contributed by atoms with van der Waals surface area (Å²) in [6.07, 6.45) is 0.265. The van der Waals surface area contributed by atoms with Crippen LogP contribution in [0.4, 0.5) is 10.5 Å². The average Bonchev–Trinajstić information content (AvgIpc) is 2.56. The van der Waals surface area contributed by atoms with Crippen LogP contribution in [0.2, 0.25) is 0 Å². The highest BCUT2D eigenvalue weighted by Crippen LogP contribution is 2.25. The van der Waals surface area contributed by atoms with Crippen molar-refractivity contribution in [2.24, 2.45) is 0 Å². The lowest BCUT2D eigenvalue weighted by atomic mass is 10.0. The van der Waals surface area contributed by atoms with Gasteiger partial charge in [-0.2, -0.15) is 0 Å². The van der Waals surface area contributed by atoms with Crippen molar-refractivity contribution in [3.05, 3.63) is 42.0 Å². The van der Waals surface area contributed by atoms with Gasteiger partial charge in [0.25, 0.3) is 5.91 Å². The van der Waals surface area contributed by atoms with E-state index in [1.165, 1.54) is 0 Å². The van der Waals surface area contributed by atoms with E-state index in [1.807, 2.05) is 38.4 Å². The van der Waals surface area contributed by atoms with Crippen LogP contribution in [0.3, 0.4) is 0 Å². The molecule has 27 heavy (non-hydrogen) atoms. The highest BCUT2D eigenvalue weighted by atomic mass is 16.6. The first-order valence-corrected chi connectivity index (χ1v) is 9.11. The minimum Gasteiger partial charge on any atom is -0.444 e. The van der Waals surface area contributed by atoms with Gasteiger partial charge in [0.05, 0.1) is 11.3 Å². The molecule has 0 saturated carbocycles. The summed E-state index contributed by atoms with van der Waals surface area (Å²) in [6, 6.07) is 11.3. The first kappa shape index (κ1) is 20.7. The summed E-state index contributed by atoms with van der Waals surface area (Å²) in [6.45, 7) is 6.85. The van der Waals surface area contributed by atoms with Crippen molar-refractivity contribution in [2.75, 3.05) is 32.5 Å². The van der Waals surface area contributed by atoms with Gasteiger partial charge in [0.1, 0.15) is 5.60 Å². The molecule has 6 heteroatoms. The Morgan fingerprint density at radius 1 is 1.07 bits per heavy atom. The van der Waals surface area contributed by atoms with Crippen LogP contribution in [0.1, 0.15) is 37.6 Å². The molecule has 0 heterocycles. The third-order valence-electron chi connectivity index (χ3n) is 3.83. The van der Waals surface area contributed by atoms with E-state index >= 15 is 0 Å². The molecule has 146 valence electrons. The van der Waals surface area contributed by atoms with Gasteiger partial charge in [-0.3, -0.25) is 10.1 Å². The Kier molecular flexibility index (Phi) is 6.80. The molecule has 0 unspecified atom stereocenters. The zero-order valence-electron chi connectivity index (χ0n) is 16.8. The lowest BCUT2D eigenvalue weighted by Crippen LogP contribution is -2.30. The predicted molar refractivity (Wildman–Crippen MR) is 109 cm³/mol. The van der Waals surface area contributed by atoms with Crippen molar-refractivity contribution >= 4 is 28.5 Å². The van der Waals surface area contributed by atoms with Crippen molar-refractivity contribution < 1.29 is 14.3 Å². The number of nitrogens with zero attached hydrogens (tertiary/aromatic N) is 1. The summed E-state index contributed by atoms with van der Waals surface area (Å²) in [4.78, 5) is 27.0. The quantitative estimate of drug-likeness (QED) is 0.756. The van der Waals surface area contributed by atoms with E-state index < -0.39 is 11.7 Å². The maximum atomic E-state index is 12.7. The number of anilines is 1. The van der Waals surface area contributed by atoms with E-state index in [9.17, 15) is 9.59 Å². The van der Waals surface area contributed by atoms with E-state index in [1.54, 1.807) is 32.9 Å². The molecule has 6 nitrogen and oxygen atoms in total. The van der Waals surface area contributed by atoms with Gasteiger partial charge in [-0.15, -0.1) is 0 Å². The number of rotatable bonds is 6. The lowest BCUT2D eigenvalue weighted by Gasteiger charge is -2.20. The third-order valence-corrected chi connectivity index (χ3v) is 3.83. The van der Waals surface area contributed by atoms with Crippen LogP contribution < -0.4 is 10.6 Å². The van der Waals surface area contributed by atoms with Gasteiger partial charge in [0.2, 0.25) is 0 Å². The summed E-state index contributed by atoms with van der Waals surface area (Å²) in [7, 11) is 3.99. The number of carbonyl (C=O) groups is 2. The third kappa shape index (κ3) is 6.57. The normalized spacial score (nSPS) is 11.5. The Balaban J connectivity index is 2.23. The Morgan fingerprint density at radius 2 is 1.70 bits per heavy atom. The maximum Gasteiger partial charge on any atom is 0.412 e. The summed E-state index contributed by atoms with van der Waals surface area (Å²) >= 11 is 0. The molecule has 2 aromatic carbocycles. The van der Waals surface area contributed by atoms with E-state index in [-0.39, 0.29) is 5.91 Å². The molecule has 0 aliphatic carbocycles. The highest BCUT2D eigenvalue weighted by molar-refractivity contribution is 6.07. The van der Waals surface area contributed by atoms with Crippen molar-refractivity contribution in [2.45, 2.75) is 32.8 Å². The van der Waals surface area contributed by atoms with Gasteiger partial charge >= 0.3 is 6.09 Å². The fraction of sp³-hybridized carbons (Fsp3) is 0.429. The van der Waals surface area contributed by atoms with E-state index in [0.717, 1.165) is 23.7 Å². The topological polar surface area (TPSA) is 70.7 Å². The number of ether oxygens (including phenoxy) is 1. The molecule has 0 fully saturated rings. The second-order valence-corrected chi connectivity index (χ2v) is 7.78. The van der Waals surface area contributed by atoms with Gasteiger partial charge in [0.15, 0.2) is 0 Å².